The van der Waals surface area contributed by atoms with E-state index >= 15 is 0 Å². The van der Waals surface area contributed by atoms with E-state index in [0.717, 1.165) is 0 Å². The summed E-state index contributed by atoms with van der Waals surface area (Å²) in [5, 5.41) is 0. The summed E-state index contributed by atoms with van der Waals surface area (Å²) in [5.74, 6) is 2.52. The average Bonchev–Trinajstić information content (AvgIpc) is 2.16. The summed E-state index contributed by atoms with van der Waals surface area (Å²) in [7, 11) is 1.66. The van der Waals surface area contributed by atoms with Crippen LogP contribution >= 0.6 is 23.5 Å². The molecule has 2 nitrogen and oxygen atoms in total. The zero-order valence-electron chi connectivity index (χ0n) is 8.54. The molecule has 1 aliphatic heterocycles. The fourth-order valence-corrected chi connectivity index (χ4v) is 4.30. The molecule has 4 heteroatoms. The minimum absolute atomic E-state index is 0.0776. The number of hydrogen-bond acceptors (Lipinski definition) is 4. The van der Waals surface area contributed by atoms with Crippen LogP contribution in [0.1, 0.15) is 20.3 Å². The van der Waals surface area contributed by atoms with Crippen molar-refractivity contribution in [3.63, 3.8) is 0 Å². The summed E-state index contributed by atoms with van der Waals surface area (Å²) in [5.41, 5.74) is -0.0776. The number of hydrogen-bond donors (Lipinski definition) is 0. The van der Waals surface area contributed by atoms with Crippen molar-refractivity contribution in [2.75, 3.05) is 25.4 Å². The van der Waals surface area contributed by atoms with E-state index in [1.807, 2.05) is 23.5 Å². The zero-order valence-corrected chi connectivity index (χ0v) is 10.2. The first-order chi connectivity index (χ1) is 6.17. The van der Waals surface area contributed by atoms with Crippen molar-refractivity contribution in [2.45, 2.75) is 30.5 Å². The van der Waals surface area contributed by atoms with E-state index < -0.39 is 0 Å². The van der Waals surface area contributed by atoms with Crippen LogP contribution in [0.3, 0.4) is 0 Å². The Kier molecular flexibility index (Phi) is 4.94. The van der Waals surface area contributed by atoms with E-state index in [1.165, 1.54) is 17.9 Å². The van der Waals surface area contributed by atoms with Gasteiger partial charge in [0, 0.05) is 7.11 Å². The number of methoxy groups -OCH3 is 1. The normalized spacial score (nSPS) is 20.5. The maximum absolute atomic E-state index is 5.65. The summed E-state index contributed by atoms with van der Waals surface area (Å²) >= 11 is 4.01. The van der Waals surface area contributed by atoms with Gasteiger partial charge in [-0.1, -0.05) is 0 Å². The summed E-state index contributed by atoms with van der Waals surface area (Å²) < 4.78 is 11.1. The Morgan fingerprint density at radius 2 is 1.92 bits per heavy atom. The fourth-order valence-electron chi connectivity index (χ4n) is 1.17. The third-order valence-corrected chi connectivity index (χ3v) is 5.55. The van der Waals surface area contributed by atoms with Crippen LogP contribution in [-0.4, -0.2) is 35.6 Å². The second-order valence-corrected chi connectivity index (χ2v) is 6.31. The molecule has 1 rings (SSSR count). The highest BCUT2D eigenvalue weighted by atomic mass is 32.2. The molecule has 0 amide bonds. The Bertz CT molecular complexity index is 145. The standard InChI is InChI=1S/C9H18O2S2/c1-9(2,11-7-10-3)8-12-5-4-6-13-8/h8H,4-7H2,1-3H3. The number of thioether (sulfide) groups is 2. The van der Waals surface area contributed by atoms with Crippen LogP contribution in [0.2, 0.25) is 0 Å². The molecule has 0 unspecified atom stereocenters. The van der Waals surface area contributed by atoms with E-state index in [1.54, 1.807) is 7.11 Å². The van der Waals surface area contributed by atoms with E-state index in [9.17, 15) is 0 Å². The number of ether oxygens (including phenoxy) is 2. The Labute approximate surface area is 89.1 Å². The van der Waals surface area contributed by atoms with Gasteiger partial charge < -0.3 is 9.47 Å². The molecule has 0 N–H and O–H groups in total. The van der Waals surface area contributed by atoms with Gasteiger partial charge in [0.1, 0.15) is 6.79 Å². The van der Waals surface area contributed by atoms with Crippen LogP contribution in [0.15, 0.2) is 0 Å². The molecule has 0 saturated carbocycles. The molecule has 1 saturated heterocycles. The predicted molar refractivity (Wildman–Crippen MR) is 60.4 cm³/mol. The Morgan fingerprint density at radius 1 is 1.31 bits per heavy atom. The smallest absolute Gasteiger partial charge is 0.147 e. The molecule has 0 aromatic carbocycles. The molecule has 13 heavy (non-hydrogen) atoms. The van der Waals surface area contributed by atoms with Crippen molar-refractivity contribution in [1.29, 1.82) is 0 Å². The van der Waals surface area contributed by atoms with Crippen molar-refractivity contribution < 1.29 is 9.47 Å². The van der Waals surface area contributed by atoms with Gasteiger partial charge in [0.05, 0.1) is 10.2 Å². The molecule has 0 bridgehead atoms. The molecule has 0 atom stereocenters. The molecule has 0 aromatic heterocycles. The minimum atomic E-state index is -0.0776. The molecule has 0 aliphatic carbocycles. The highest BCUT2D eigenvalue weighted by Gasteiger charge is 2.32. The molecule has 1 fully saturated rings. The van der Waals surface area contributed by atoms with Gasteiger partial charge in [-0.15, -0.1) is 23.5 Å². The van der Waals surface area contributed by atoms with Gasteiger partial charge in [-0.05, 0) is 31.8 Å². The summed E-state index contributed by atoms with van der Waals surface area (Å²) in [6, 6.07) is 0. The van der Waals surface area contributed by atoms with Gasteiger partial charge in [0.2, 0.25) is 0 Å². The van der Waals surface area contributed by atoms with E-state index in [0.29, 0.717) is 11.4 Å². The van der Waals surface area contributed by atoms with E-state index in [2.05, 4.69) is 13.8 Å². The number of rotatable bonds is 4. The second-order valence-electron chi connectivity index (χ2n) is 3.58. The van der Waals surface area contributed by atoms with Gasteiger partial charge in [-0.3, -0.25) is 0 Å². The molecule has 0 aromatic rings. The quantitative estimate of drug-likeness (QED) is 0.680. The van der Waals surface area contributed by atoms with Crippen LogP contribution in [0.25, 0.3) is 0 Å². The maximum atomic E-state index is 5.65. The van der Waals surface area contributed by atoms with E-state index in [-0.39, 0.29) is 5.60 Å². The third-order valence-electron chi connectivity index (χ3n) is 1.94. The molecule has 1 heterocycles. The van der Waals surface area contributed by atoms with Crippen molar-refractivity contribution >= 4 is 23.5 Å². The predicted octanol–water partition coefficient (Wildman–Crippen LogP) is 2.58. The Morgan fingerprint density at radius 3 is 2.46 bits per heavy atom. The first-order valence-corrected chi connectivity index (χ1v) is 6.62. The first kappa shape index (κ1) is 11.7. The van der Waals surface area contributed by atoms with Crippen LogP contribution in [0.5, 0.6) is 0 Å². The maximum Gasteiger partial charge on any atom is 0.147 e. The third kappa shape index (κ3) is 3.70. The monoisotopic (exact) mass is 222 g/mol. The van der Waals surface area contributed by atoms with Crippen LogP contribution in [-0.2, 0) is 9.47 Å². The highest BCUT2D eigenvalue weighted by molar-refractivity contribution is 8.17. The van der Waals surface area contributed by atoms with Crippen LogP contribution in [0.4, 0.5) is 0 Å². The topological polar surface area (TPSA) is 18.5 Å². The highest BCUT2D eigenvalue weighted by Crippen LogP contribution is 2.39. The van der Waals surface area contributed by atoms with Gasteiger partial charge in [-0.2, -0.15) is 0 Å². The summed E-state index contributed by atoms with van der Waals surface area (Å²) in [6.07, 6.45) is 1.33. The Hall–Kier alpha value is 0.620. The Balaban J connectivity index is 2.36. The lowest BCUT2D eigenvalue weighted by Gasteiger charge is -2.35. The van der Waals surface area contributed by atoms with Crippen molar-refractivity contribution in [2.24, 2.45) is 0 Å². The summed E-state index contributed by atoms with van der Waals surface area (Å²) in [4.78, 5) is 0. The van der Waals surface area contributed by atoms with Crippen LogP contribution < -0.4 is 0 Å². The molecule has 0 radical (unpaired) electrons. The van der Waals surface area contributed by atoms with E-state index in [4.69, 9.17) is 9.47 Å². The van der Waals surface area contributed by atoms with Gasteiger partial charge >= 0.3 is 0 Å². The van der Waals surface area contributed by atoms with Crippen LogP contribution in [0, 0.1) is 0 Å². The fraction of sp³-hybridized carbons (Fsp3) is 1.00. The zero-order chi connectivity index (χ0) is 9.73. The lowest BCUT2D eigenvalue weighted by Crippen LogP contribution is -2.37. The van der Waals surface area contributed by atoms with Crippen molar-refractivity contribution in [3.05, 3.63) is 0 Å². The van der Waals surface area contributed by atoms with Gasteiger partial charge in [0.25, 0.3) is 0 Å². The van der Waals surface area contributed by atoms with Gasteiger partial charge in [-0.25, -0.2) is 0 Å². The minimum Gasteiger partial charge on any atom is -0.359 e. The lowest BCUT2D eigenvalue weighted by molar-refractivity contribution is -0.106. The molecular formula is C9H18O2S2. The van der Waals surface area contributed by atoms with Gasteiger partial charge in [0.15, 0.2) is 0 Å². The molecule has 0 spiro atoms. The summed E-state index contributed by atoms with van der Waals surface area (Å²) in [6.45, 7) is 4.68. The molecule has 78 valence electrons. The lowest BCUT2D eigenvalue weighted by atomic mass is 10.2. The van der Waals surface area contributed by atoms with Crippen molar-refractivity contribution in [3.8, 4) is 0 Å². The largest absolute Gasteiger partial charge is 0.359 e. The second kappa shape index (κ2) is 5.49. The first-order valence-electron chi connectivity index (χ1n) is 4.53. The average molecular weight is 222 g/mol. The molecule has 1 aliphatic rings. The molecular weight excluding hydrogens is 204 g/mol. The van der Waals surface area contributed by atoms with Crippen molar-refractivity contribution in [1.82, 2.24) is 0 Å². The SMILES string of the molecule is COCOC(C)(C)C1SCCCS1.